The first-order valence-electron chi connectivity index (χ1n) is 5.51. The maximum atomic E-state index is 13.3. The third-order valence-corrected chi connectivity index (χ3v) is 4.06. The number of halogens is 2. The fourth-order valence-corrected chi connectivity index (χ4v) is 2.67. The van der Waals surface area contributed by atoms with Crippen LogP contribution in [-0.4, -0.2) is 33.6 Å². The van der Waals surface area contributed by atoms with Gasteiger partial charge in [0.1, 0.15) is 10.7 Å². The molecule has 1 N–H and O–H groups in total. The molecule has 1 fully saturated rings. The van der Waals surface area contributed by atoms with Crippen LogP contribution in [0.25, 0.3) is 0 Å². The molecule has 0 radical (unpaired) electrons. The lowest BCUT2D eigenvalue weighted by molar-refractivity contribution is 0.0929. The molecule has 19 heavy (non-hydrogen) atoms. The topological polar surface area (TPSA) is 72.5 Å². The Morgan fingerprint density at radius 2 is 2.21 bits per heavy atom. The van der Waals surface area contributed by atoms with Crippen molar-refractivity contribution in [3.05, 3.63) is 29.6 Å². The van der Waals surface area contributed by atoms with Crippen molar-refractivity contribution in [1.82, 2.24) is 5.32 Å². The Bertz CT molecular complexity index is 599. The van der Waals surface area contributed by atoms with E-state index in [0.717, 1.165) is 12.1 Å². The van der Waals surface area contributed by atoms with Gasteiger partial charge in [-0.1, -0.05) is 0 Å². The molecular weight excluding hydrogens is 297 g/mol. The van der Waals surface area contributed by atoms with Crippen LogP contribution in [0.4, 0.5) is 4.39 Å². The smallest absolute Gasteiger partial charge is 0.264 e. The number of benzene rings is 1. The van der Waals surface area contributed by atoms with E-state index in [9.17, 15) is 17.6 Å². The van der Waals surface area contributed by atoms with Gasteiger partial charge in [-0.25, -0.2) is 12.8 Å². The molecule has 0 saturated carbocycles. The van der Waals surface area contributed by atoms with Crippen molar-refractivity contribution in [2.24, 2.45) is 0 Å². The molecule has 0 aliphatic carbocycles. The first kappa shape index (κ1) is 14.2. The largest absolute Gasteiger partial charge is 0.379 e. The van der Waals surface area contributed by atoms with E-state index in [1.54, 1.807) is 0 Å². The normalized spacial score (nSPS) is 19.4. The molecule has 0 aromatic heterocycles. The summed E-state index contributed by atoms with van der Waals surface area (Å²) in [4.78, 5) is 11.2. The zero-order valence-electron chi connectivity index (χ0n) is 9.73. The van der Waals surface area contributed by atoms with Gasteiger partial charge in [0, 0.05) is 22.9 Å². The Hall–Kier alpha value is -1.18. The van der Waals surface area contributed by atoms with Crippen LogP contribution >= 0.6 is 10.7 Å². The molecule has 1 atom stereocenters. The lowest BCUT2D eigenvalue weighted by atomic mass is 10.2. The Labute approximate surface area is 114 Å². The summed E-state index contributed by atoms with van der Waals surface area (Å²) in [5, 5.41) is 2.67. The average molecular weight is 308 g/mol. The Morgan fingerprint density at radius 1 is 1.47 bits per heavy atom. The predicted molar refractivity (Wildman–Crippen MR) is 66.1 cm³/mol. The van der Waals surface area contributed by atoms with Gasteiger partial charge in [0.25, 0.3) is 15.0 Å². The van der Waals surface area contributed by atoms with Crippen LogP contribution in [-0.2, 0) is 13.8 Å². The number of carbonyl (C=O) groups excluding carboxylic acids is 1. The third-order valence-electron chi connectivity index (χ3n) is 2.72. The highest BCUT2D eigenvalue weighted by atomic mass is 35.7. The minimum atomic E-state index is -4.22. The highest BCUT2D eigenvalue weighted by Gasteiger charge is 2.22. The second kappa shape index (κ2) is 5.44. The van der Waals surface area contributed by atoms with E-state index < -0.39 is 25.7 Å². The number of carbonyl (C=O) groups is 1. The monoisotopic (exact) mass is 307 g/mol. The van der Waals surface area contributed by atoms with E-state index >= 15 is 0 Å². The molecule has 104 valence electrons. The molecule has 1 aliphatic rings. The highest BCUT2D eigenvalue weighted by Crippen LogP contribution is 2.20. The second-order valence-electron chi connectivity index (χ2n) is 4.12. The number of rotatable bonds is 3. The van der Waals surface area contributed by atoms with Crippen molar-refractivity contribution in [2.45, 2.75) is 17.4 Å². The molecule has 5 nitrogen and oxygen atoms in total. The van der Waals surface area contributed by atoms with E-state index in [1.807, 2.05) is 0 Å². The fourth-order valence-electron chi connectivity index (χ4n) is 1.75. The minimum Gasteiger partial charge on any atom is -0.379 e. The van der Waals surface area contributed by atoms with E-state index in [2.05, 4.69) is 5.32 Å². The third kappa shape index (κ3) is 3.43. The first-order valence-corrected chi connectivity index (χ1v) is 7.81. The van der Waals surface area contributed by atoms with E-state index in [4.69, 9.17) is 15.4 Å². The number of hydrogen-bond acceptors (Lipinski definition) is 4. The van der Waals surface area contributed by atoms with Crippen molar-refractivity contribution in [3.8, 4) is 0 Å². The van der Waals surface area contributed by atoms with Gasteiger partial charge >= 0.3 is 0 Å². The lowest BCUT2D eigenvalue weighted by Gasteiger charge is -2.11. The molecule has 1 amide bonds. The highest BCUT2D eigenvalue weighted by molar-refractivity contribution is 8.13. The van der Waals surface area contributed by atoms with Gasteiger partial charge in [0.05, 0.1) is 12.6 Å². The quantitative estimate of drug-likeness (QED) is 0.854. The Balaban J connectivity index is 2.23. The Morgan fingerprint density at radius 3 is 2.79 bits per heavy atom. The van der Waals surface area contributed by atoms with Gasteiger partial charge in [-0.2, -0.15) is 0 Å². The maximum absolute atomic E-state index is 13.3. The van der Waals surface area contributed by atoms with Crippen LogP contribution in [0.2, 0.25) is 0 Å². The molecule has 0 spiro atoms. The van der Waals surface area contributed by atoms with Crippen LogP contribution in [0.1, 0.15) is 16.8 Å². The minimum absolute atomic E-state index is 0.0347. The second-order valence-corrected chi connectivity index (χ2v) is 6.65. The van der Waals surface area contributed by atoms with Crippen molar-refractivity contribution >= 4 is 25.6 Å². The molecule has 0 bridgehead atoms. The molecule has 2 rings (SSSR count). The van der Waals surface area contributed by atoms with Crippen LogP contribution < -0.4 is 5.32 Å². The van der Waals surface area contributed by atoms with E-state index in [1.165, 1.54) is 6.07 Å². The van der Waals surface area contributed by atoms with Crippen LogP contribution in [0.5, 0.6) is 0 Å². The SMILES string of the molecule is O=C(NC1CCOC1)c1ccc(F)c(S(=O)(=O)Cl)c1. The van der Waals surface area contributed by atoms with Crippen LogP contribution in [0, 0.1) is 5.82 Å². The standard InChI is InChI=1S/C11H11ClFNO4S/c12-19(16,17)10-5-7(1-2-9(10)13)11(15)14-8-3-4-18-6-8/h1-2,5,8H,3-4,6H2,(H,14,15). The molecular formula is C11H11ClFNO4S. The molecule has 1 saturated heterocycles. The van der Waals surface area contributed by atoms with E-state index in [-0.39, 0.29) is 11.6 Å². The van der Waals surface area contributed by atoms with Crippen LogP contribution in [0.15, 0.2) is 23.1 Å². The number of nitrogens with one attached hydrogen (secondary N) is 1. The summed E-state index contributed by atoms with van der Waals surface area (Å²) in [6.07, 6.45) is 0.688. The maximum Gasteiger partial charge on any atom is 0.264 e. The van der Waals surface area contributed by atoms with Crippen molar-refractivity contribution in [3.63, 3.8) is 0 Å². The van der Waals surface area contributed by atoms with Gasteiger partial charge in [0.2, 0.25) is 0 Å². The van der Waals surface area contributed by atoms with Crippen molar-refractivity contribution in [2.75, 3.05) is 13.2 Å². The summed E-state index contributed by atoms with van der Waals surface area (Å²) >= 11 is 0. The van der Waals surface area contributed by atoms with Gasteiger partial charge in [0.15, 0.2) is 0 Å². The lowest BCUT2D eigenvalue weighted by Crippen LogP contribution is -2.35. The van der Waals surface area contributed by atoms with E-state index in [0.29, 0.717) is 19.6 Å². The van der Waals surface area contributed by atoms with Gasteiger partial charge < -0.3 is 10.1 Å². The molecule has 8 heteroatoms. The average Bonchev–Trinajstić information content (AvgIpc) is 2.80. The van der Waals surface area contributed by atoms with Gasteiger partial charge in [-0.15, -0.1) is 0 Å². The molecule has 1 heterocycles. The molecule has 1 aromatic rings. The number of amides is 1. The van der Waals surface area contributed by atoms with Crippen molar-refractivity contribution in [1.29, 1.82) is 0 Å². The van der Waals surface area contributed by atoms with Gasteiger partial charge in [-0.05, 0) is 24.6 Å². The molecule has 1 aromatic carbocycles. The molecule has 1 aliphatic heterocycles. The summed E-state index contributed by atoms with van der Waals surface area (Å²) in [7, 11) is 0.867. The summed E-state index contributed by atoms with van der Waals surface area (Å²) in [5.41, 5.74) is 0.0347. The van der Waals surface area contributed by atoms with Crippen LogP contribution in [0.3, 0.4) is 0 Å². The zero-order chi connectivity index (χ0) is 14.0. The fraction of sp³-hybridized carbons (Fsp3) is 0.364. The summed E-state index contributed by atoms with van der Waals surface area (Å²) in [5.74, 6) is -1.48. The Kier molecular flexibility index (Phi) is 4.07. The van der Waals surface area contributed by atoms with Crippen molar-refractivity contribution < 1.29 is 22.3 Å². The molecule has 1 unspecified atom stereocenters. The summed E-state index contributed by atoms with van der Waals surface area (Å²) in [6.45, 7) is 0.975. The number of ether oxygens (including phenoxy) is 1. The van der Waals surface area contributed by atoms with Gasteiger partial charge in [-0.3, -0.25) is 4.79 Å². The zero-order valence-corrected chi connectivity index (χ0v) is 11.3. The number of hydrogen-bond donors (Lipinski definition) is 1. The summed E-state index contributed by atoms with van der Waals surface area (Å²) < 4.78 is 40.7. The predicted octanol–water partition coefficient (Wildman–Crippen LogP) is 1.27. The summed E-state index contributed by atoms with van der Waals surface area (Å²) in [6, 6.07) is 2.90. The first-order chi connectivity index (χ1) is 8.88.